The van der Waals surface area contributed by atoms with Crippen molar-refractivity contribution in [3.05, 3.63) is 77.7 Å². The summed E-state index contributed by atoms with van der Waals surface area (Å²) in [6, 6.07) is 14.4. The van der Waals surface area contributed by atoms with Crippen LogP contribution in [0.5, 0.6) is 5.75 Å². The zero-order chi connectivity index (χ0) is 17.5. The Morgan fingerprint density at radius 1 is 1.04 bits per heavy atom. The maximum absolute atomic E-state index is 12.0. The molecule has 6 heteroatoms. The molecular weight excluding hydrogens is 338 g/mol. The summed E-state index contributed by atoms with van der Waals surface area (Å²) in [6.07, 6.45) is 5.16. The van der Waals surface area contributed by atoms with Crippen LogP contribution >= 0.6 is 11.6 Å². The van der Waals surface area contributed by atoms with Crippen LogP contribution in [-0.2, 0) is 11.3 Å². The van der Waals surface area contributed by atoms with Gasteiger partial charge in [0.25, 0.3) is 5.91 Å². The van der Waals surface area contributed by atoms with Crippen LogP contribution < -0.4 is 10.1 Å². The number of benzene rings is 1. The van der Waals surface area contributed by atoms with Crippen LogP contribution in [0.25, 0.3) is 11.3 Å². The number of hydrogen-bond acceptors (Lipinski definition) is 4. The first-order valence-corrected chi connectivity index (χ1v) is 8.09. The summed E-state index contributed by atoms with van der Waals surface area (Å²) >= 11 is 5.81. The van der Waals surface area contributed by atoms with E-state index in [1.54, 1.807) is 42.9 Å². The van der Waals surface area contributed by atoms with Crippen molar-refractivity contribution in [3.8, 4) is 17.0 Å². The third-order valence-corrected chi connectivity index (χ3v) is 3.76. The van der Waals surface area contributed by atoms with E-state index in [0.29, 0.717) is 17.3 Å². The van der Waals surface area contributed by atoms with Crippen molar-refractivity contribution < 1.29 is 9.53 Å². The minimum Gasteiger partial charge on any atom is -0.484 e. The maximum atomic E-state index is 12.0. The van der Waals surface area contributed by atoms with E-state index in [-0.39, 0.29) is 12.5 Å². The van der Waals surface area contributed by atoms with Gasteiger partial charge in [0.15, 0.2) is 6.61 Å². The lowest BCUT2D eigenvalue weighted by atomic mass is 10.1. The normalized spacial score (nSPS) is 10.3. The highest BCUT2D eigenvalue weighted by Gasteiger charge is 2.08. The number of pyridine rings is 2. The summed E-state index contributed by atoms with van der Waals surface area (Å²) < 4.78 is 5.43. The largest absolute Gasteiger partial charge is 0.484 e. The molecule has 2 heterocycles. The highest BCUT2D eigenvalue weighted by Crippen LogP contribution is 2.20. The number of carbonyl (C=O) groups is 1. The second-order valence-electron chi connectivity index (χ2n) is 5.27. The molecule has 0 unspecified atom stereocenters. The fraction of sp³-hybridized carbons (Fsp3) is 0.105. The topological polar surface area (TPSA) is 64.1 Å². The molecular formula is C19H16ClN3O2. The van der Waals surface area contributed by atoms with Crippen molar-refractivity contribution in [1.29, 1.82) is 0 Å². The van der Waals surface area contributed by atoms with E-state index < -0.39 is 0 Å². The monoisotopic (exact) mass is 353 g/mol. The van der Waals surface area contributed by atoms with E-state index in [9.17, 15) is 4.79 Å². The zero-order valence-electron chi connectivity index (χ0n) is 13.4. The van der Waals surface area contributed by atoms with E-state index in [0.717, 1.165) is 16.8 Å². The van der Waals surface area contributed by atoms with E-state index in [1.807, 2.05) is 24.3 Å². The first-order valence-electron chi connectivity index (χ1n) is 7.72. The van der Waals surface area contributed by atoms with Crippen molar-refractivity contribution in [2.24, 2.45) is 0 Å². The Hall–Kier alpha value is -2.92. The van der Waals surface area contributed by atoms with Gasteiger partial charge < -0.3 is 10.1 Å². The number of rotatable bonds is 6. The van der Waals surface area contributed by atoms with Gasteiger partial charge in [-0.15, -0.1) is 0 Å². The summed E-state index contributed by atoms with van der Waals surface area (Å²) in [7, 11) is 0. The first-order chi connectivity index (χ1) is 12.2. The van der Waals surface area contributed by atoms with Crippen LogP contribution in [0.4, 0.5) is 0 Å². The maximum Gasteiger partial charge on any atom is 0.258 e. The van der Waals surface area contributed by atoms with Gasteiger partial charge >= 0.3 is 0 Å². The molecule has 1 aromatic carbocycles. The third kappa shape index (κ3) is 4.78. The molecule has 0 bridgehead atoms. The van der Waals surface area contributed by atoms with Gasteiger partial charge in [0, 0.05) is 35.7 Å². The summed E-state index contributed by atoms with van der Waals surface area (Å²) in [5.41, 5.74) is 2.70. The zero-order valence-corrected chi connectivity index (χ0v) is 14.1. The number of halogens is 1. The Labute approximate surface area is 150 Å². The molecule has 3 aromatic rings. The molecule has 0 aliphatic rings. The molecule has 1 amide bonds. The van der Waals surface area contributed by atoms with Crippen molar-refractivity contribution in [2.45, 2.75) is 6.54 Å². The lowest BCUT2D eigenvalue weighted by molar-refractivity contribution is -0.123. The fourth-order valence-electron chi connectivity index (χ4n) is 2.28. The predicted molar refractivity (Wildman–Crippen MR) is 96.3 cm³/mol. The van der Waals surface area contributed by atoms with Gasteiger partial charge in [-0.05, 0) is 48.0 Å². The number of hydrogen-bond donors (Lipinski definition) is 1. The van der Waals surface area contributed by atoms with Crippen LogP contribution in [0.15, 0.2) is 67.1 Å². The number of carbonyl (C=O) groups excluding carboxylic acids is 1. The minimum absolute atomic E-state index is 0.0630. The Morgan fingerprint density at radius 3 is 2.56 bits per heavy atom. The second-order valence-corrected chi connectivity index (χ2v) is 5.70. The molecule has 1 N–H and O–H groups in total. The van der Waals surface area contributed by atoms with E-state index in [4.69, 9.17) is 16.3 Å². The van der Waals surface area contributed by atoms with Crippen LogP contribution in [0.1, 0.15) is 5.56 Å². The SMILES string of the molecule is O=C(COc1ccc(Cl)cc1)NCc1cccnc1-c1ccncc1. The number of amides is 1. The van der Waals surface area contributed by atoms with Gasteiger partial charge in [-0.3, -0.25) is 14.8 Å². The van der Waals surface area contributed by atoms with Gasteiger partial charge in [-0.2, -0.15) is 0 Å². The highest BCUT2D eigenvalue weighted by atomic mass is 35.5. The van der Waals surface area contributed by atoms with Crippen molar-refractivity contribution >= 4 is 17.5 Å². The van der Waals surface area contributed by atoms with Crippen molar-refractivity contribution in [2.75, 3.05) is 6.61 Å². The van der Waals surface area contributed by atoms with Gasteiger partial charge in [0.2, 0.25) is 0 Å². The lowest BCUT2D eigenvalue weighted by Crippen LogP contribution is -2.28. The van der Waals surface area contributed by atoms with Crippen LogP contribution in [-0.4, -0.2) is 22.5 Å². The summed E-state index contributed by atoms with van der Waals surface area (Å²) in [5.74, 6) is 0.387. The quantitative estimate of drug-likeness (QED) is 0.736. The Bertz CT molecular complexity index is 839. The number of nitrogens with one attached hydrogen (secondary N) is 1. The van der Waals surface area contributed by atoms with Gasteiger partial charge in [0.05, 0.1) is 5.69 Å². The highest BCUT2D eigenvalue weighted by molar-refractivity contribution is 6.30. The third-order valence-electron chi connectivity index (χ3n) is 3.50. The molecule has 0 atom stereocenters. The second kappa shape index (κ2) is 8.26. The lowest BCUT2D eigenvalue weighted by Gasteiger charge is -2.10. The van der Waals surface area contributed by atoms with E-state index in [1.165, 1.54) is 0 Å². The summed E-state index contributed by atoms with van der Waals surface area (Å²) in [4.78, 5) is 20.4. The Morgan fingerprint density at radius 2 is 1.80 bits per heavy atom. The average molecular weight is 354 g/mol. The Balaban J connectivity index is 1.58. The van der Waals surface area contributed by atoms with Crippen LogP contribution in [0, 0.1) is 0 Å². The van der Waals surface area contributed by atoms with Crippen LogP contribution in [0.3, 0.4) is 0 Å². The molecule has 126 valence electrons. The summed E-state index contributed by atoms with van der Waals surface area (Å²) in [6.45, 7) is 0.306. The number of ether oxygens (including phenoxy) is 1. The first kappa shape index (κ1) is 16.9. The standard InChI is InChI=1S/C19H16ClN3O2/c20-16-3-5-17(6-4-16)25-13-18(24)23-12-15-2-1-9-22-19(15)14-7-10-21-11-8-14/h1-11H,12-13H2,(H,23,24). The fourth-order valence-corrected chi connectivity index (χ4v) is 2.40. The molecule has 0 saturated heterocycles. The van der Waals surface area contributed by atoms with Gasteiger partial charge in [-0.1, -0.05) is 17.7 Å². The molecule has 3 rings (SSSR count). The molecule has 0 saturated carbocycles. The molecule has 0 aliphatic carbocycles. The van der Waals surface area contributed by atoms with Crippen LogP contribution in [0.2, 0.25) is 5.02 Å². The molecule has 0 fully saturated rings. The minimum atomic E-state index is -0.209. The number of nitrogens with zero attached hydrogens (tertiary/aromatic N) is 2. The molecule has 2 aromatic heterocycles. The molecule has 0 radical (unpaired) electrons. The smallest absolute Gasteiger partial charge is 0.258 e. The van der Waals surface area contributed by atoms with Crippen molar-refractivity contribution in [1.82, 2.24) is 15.3 Å². The molecule has 0 spiro atoms. The summed E-state index contributed by atoms with van der Waals surface area (Å²) in [5, 5.41) is 3.47. The molecule has 25 heavy (non-hydrogen) atoms. The van der Waals surface area contributed by atoms with E-state index >= 15 is 0 Å². The molecule has 5 nitrogen and oxygen atoms in total. The van der Waals surface area contributed by atoms with Gasteiger partial charge in [0.1, 0.15) is 5.75 Å². The van der Waals surface area contributed by atoms with Gasteiger partial charge in [-0.25, -0.2) is 0 Å². The Kier molecular flexibility index (Phi) is 5.59. The van der Waals surface area contributed by atoms with E-state index in [2.05, 4.69) is 15.3 Å². The van der Waals surface area contributed by atoms with Crippen molar-refractivity contribution in [3.63, 3.8) is 0 Å². The predicted octanol–water partition coefficient (Wildman–Crippen LogP) is 3.49. The molecule has 0 aliphatic heterocycles. The average Bonchev–Trinajstić information content (AvgIpc) is 2.67. The number of aromatic nitrogens is 2.